The number of nitrogens with one attached hydrogen (secondary N) is 1. The maximum atomic E-state index is 5.29. The molecular formula is C7H14ClN. The Bertz CT molecular complexity index is 71.3. The van der Waals surface area contributed by atoms with Crippen LogP contribution in [0.1, 0.15) is 19.8 Å². The summed E-state index contributed by atoms with van der Waals surface area (Å²) in [4.78, 5) is 0. The Morgan fingerprint density at radius 3 is 2.89 bits per heavy atom. The van der Waals surface area contributed by atoms with Gasteiger partial charge in [-0.25, -0.2) is 0 Å². The molecule has 0 rings (SSSR count). The van der Waals surface area contributed by atoms with E-state index in [-0.39, 0.29) is 0 Å². The van der Waals surface area contributed by atoms with Gasteiger partial charge in [0.1, 0.15) is 0 Å². The topological polar surface area (TPSA) is 12.0 Å². The van der Waals surface area contributed by atoms with E-state index in [4.69, 9.17) is 11.6 Å². The van der Waals surface area contributed by atoms with E-state index in [0.29, 0.717) is 0 Å². The first-order valence-corrected chi connectivity index (χ1v) is 3.81. The average molecular weight is 148 g/mol. The van der Waals surface area contributed by atoms with Gasteiger partial charge in [0.2, 0.25) is 0 Å². The fraction of sp³-hybridized carbons (Fsp3) is 0.714. The van der Waals surface area contributed by atoms with Crippen LogP contribution in [-0.2, 0) is 0 Å². The first-order chi connectivity index (χ1) is 4.41. The van der Waals surface area contributed by atoms with Gasteiger partial charge in [-0.2, -0.15) is 0 Å². The molecule has 0 saturated heterocycles. The average Bonchev–Trinajstić information content (AvgIpc) is 1.89. The fourth-order valence-corrected chi connectivity index (χ4v) is 0.621. The smallest absolute Gasteiger partial charge is 0.0146 e. The minimum atomic E-state index is 0.892. The SMILES string of the molecule is CCCCNC/C=C/Cl. The molecule has 54 valence electrons. The molecule has 2 heteroatoms. The van der Waals surface area contributed by atoms with E-state index in [2.05, 4.69) is 12.2 Å². The van der Waals surface area contributed by atoms with Gasteiger partial charge in [0, 0.05) is 12.1 Å². The quantitative estimate of drug-likeness (QED) is 0.588. The van der Waals surface area contributed by atoms with Crippen molar-refractivity contribution in [2.45, 2.75) is 19.8 Å². The number of unbranched alkanes of at least 4 members (excludes halogenated alkanes) is 1. The lowest BCUT2D eigenvalue weighted by atomic mass is 10.3. The Balaban J connectivity index is 2.75. The largest absolute Gasteiger partial charge is 0.313 e. The Labute approximate surface area is 62.1 Å². The standard InChI is InChI=1S/C7H14ClN/c1-2-3-6-9-7-4-5-8/h4-5,9H,2-3,6-7H2,1H3/b5-4+. The predicted octanol–water partition coefficient (Wildman–Crippen LogP) is 2.13. The summed E-state index contributed by atoms with van der Waals surface area (Å²) in [7, 11) is 0. The molecule has 0 aliphatic rings. The highest BCUT2D eigenvalue weighted by Crippen LogP contribution is 1.82. The molecule has 0 heterocycles. The predicted molar refractivity (Wildman–Crippen MR) is 42.8 cm³/mol. The first-order valence-electron chi connectivity index (χ1n) is 3.37. The minimum Gasteiger partial charge on any atom is -0.313 e. The van der Waals surface area contributed by atoms with Crippen molar-refractivity contribution in [1.29, 1.82) is 0 Å². The van der Waals surface area contributed by atoms with Gasteiger partial charge >= 0.3 is 0 Å². The molecule has 0 aliphatic heterocycles. The van der Waals surface area contributed by atoms with Crippen molar-refractivity contribution in [2.24, 2.45) is 0 Å². The molecule has 0 saturated carbocycles. The van der Waals surface area contributed by atoms with E-state index in [1.54, 1.807) is 5.54 Å². The van der Waals surface area contributed by atoms with Crippen LogP contribution >= 0.6 is 11.6 Å². The van der Waals surface area contributed by atoms with Crippen molar-refractivity contribution in [3.63, 3.8) is 0 Å². The normalized spacial score (nSPS) is 10.9. The van der Waals surface area contributed by atoms with Gasteiger partial charge in [-0.15, -0.1) is 0 Å². The van der Waals surface area contributed by atoms with Crippen LogP contribution in [0.3, 0.4) is 0 Å². The summed E-state index contributed by atoms with van der Waals surface area (Å²) < 4.78 is 0. The Kier molecular flexibility index (Phi) is 7.98. The van der Waals surface area contributed by atoms with Crippen molar-refractivity contribution in [2.75, 3.05) is 13.1 Å². The molecule has 0 fully saturated rings. The third-order valence-corrected chi connectivity index (χ3v) is 1.24. The van der Waals surface area contributed by atoms with E-state index in [0.717, 1.165) is 13.1 Å². The number of hydrogen-bond donors (Lipinski definition) is 1. The van der Waals surface area contributed by atoms with Gasteiger partial charge in [-0.1, -0.05) is 31.0 Å². The second-order valence-electron chi connectivity index (χ2n) is 1.92. The molecule has 0 radical (unpaired) electrons. The van der Waals surface area contributed by atoms with Gasteiger partial charge in [0.15, 0.2) is 0 Å². The second-order valence-corrected chi connectivity index (χ2v) is 2.17. The third kappa shape index (κ3) is 7.99. The molecule has 0 aromatic heterocycles. The zero-order valence-corrected chi connectivity index (χ0v) is 6.62. The summed E-state index contributed by atoms with van der Waals surface area (Å²) in [6.07, 6.45) is 4.39. The van der Waals surface area contributed by atoms with Crippen LogP contribution in [-0.4, -0.2) is 13.1 Å². The second kappa shape index (κ2) is 7.99. The van der Waals surface area contributed by atoms with Crippen LogP contribution in [0.2, 0.25) is 0 Å². The highest BCUT2D eigenvalue weighted by atomic mass is 35.5. The molecule has 0 atom stereocenters. The zero-order valence-electron chi connectivity index (χ0n) is 5.86. The van der Waals surface area contributed by atoms with E-state index in [9.17, 15) is 0 Å². The lowest BCUT2D eigenvalue weighted by Crippen LogP contribution is -2.14. The van der Waals surface area contributed by atoms with Gasteiger partial charge < -0.3 is 5.32 Å². The van der Waals surface area contributed by atoms with Gasteiger partial charge in [-0.3, -0.25) is 0 Å². The van der Waals surface area contributed by atoms with Crippen molar-refractivity contribution in [3.8, 4) is 0 Å². The van der Waals surface area contributed by atoms with Crippen LogP contribution in [0, 0.1) is 0 Å². The molecule has 0 amide bonds. The maximum Gasteiger partial charge on any atom is 0.0146 e. The fourth-order valence-electron chi connectivity index (χ4n) is 0.532. The molecular weight excluding hydrogens is 134 g/mol. The molecule has 1 nitrogen and oxygen atoms in total. The third-order valence-electron chi connectivity index (χ3n) is 1.06. The molecule has 0 unspecified atom stereocenters. The van der Waals surface area contributed by atoms with Gasteiger partial charge in [-0.05, 0) is 13.0 Å². The minimum absolute atomic E-state index is 0.892. The van der Waals surface area contributed by atoms with E-state index in [1.807, 2.05) is 6.08 Å². The zero-order chi connectivity index (χ0) is 6.95. The molecule has 0 aromatic rings. The maximum absolute atomic E-state index is 5.29. The summed E-state index contributed by atoms with van der Waals surface area (Å²) in [6, 6.07) is 0. The molecule has 0 aromatic carbocycles. The van der Waals surface area contributed by atoms with Crippen LogP contribution in [0.25, 0.3) is 0 Å². The number of hydrogen-bond acceptors (Lipinski definition) is 1. The van der Waals surface area contributed by atoms with Crippen molar-refractivity contribution in [1.82, 2.24) is 5.32 Å². The molecule has 9 heavy (non-hydrogen) atoms. The number of rotatable bonds is 5. The molecule has 0 aliphatic carbocycles. The van der Waals surface area contributed by atoms with Crippen molar-refractivity contribution < 1.29 is 0 Å². The number of halogens is 1. The Hall–Kier alpha value is -0.0100. The van der Waals surface area contributed by atoms with Crippen LogP contribution < -0.4 is 5.32 Å². The van der Waals surface area contributed by atoms with Crippen molar-refractivity contribution >= 4 is 11.6 Å². The van der Waals surface area contributed by atoms with Gasteiger partial charge in [0.25, 0.3) is 0 Å². The molecule has 1 N–H and O–H groups in total. The first kappa shape index (κ1) is 8.99. The lowest BCUT2D eigenvalue weighted by molar-refractivity contribution is 0.681. The monoisotopic (exact) mass is 147 g/mol. The Morgan fingerprint density at radius 2 is 2.33 bits per heavy atom. The lowest BCUT2D eigenvalue weighted by Gasteiger charge is -1.96. The summed E-state index contributed by atoms with van der Waals surface area (Å²) in [5.41, 5.74) is 1.54. The van der Waals surface area contributed by atoms with Crippen LogP contribution in [0.15, 0.2) is 11.6 Å². The van der Waals surface area contributed by atoms with E-state index >= 15 is 0 Å². The molecule has 0 spiro atoms. The molecule has 0 bridgehead atoms. The highest BCUT2D eigenvalue weighted by Gasteiger charge is 1.79. The van der Waals surface area contributed by atoms with Crippen LogP contribution in [0.4, 0.5) is 0 Å². The van der Waals surface area contributed by atoms with E-state index < -0.39 is 0 Å². The summed E-state index contributed by atoms with van der Waals surface area (Å²) in [5.74, 6) is 0. The highest BCUT2D eigenvalue weighted by molar-refractivity contribution is 6.25. The summed E-state index contributed by atoms with van der Waals surface area (Å²) in [5, 5.41) is 3.22. The summed E-state index contributed by atoms with van der Waals surface area (Å²) in [6.45, 7) is 4.17. The summed E-state index contributed by atoms with van der Waals surface area (Å²) >= 11 is 5.29. The Morgan fingerprint density at radius 1 is 1.56 bits per heavy atom. The van der Waals surface area contributed by atoms with Crippen LogP contribution in [0.5, 0.6) is 0 Å². The van der Waals surface area contributed by atoms with E-state index in [1.165, 1.54) is 12.8 Å². The van der Waals surface area contributed by atoms with Crippen molar-refractivity contribution in [3.05, 3.63) is 11.6 Å². The van der Waals surface area contributed by atoms with Gasteiger partial charge in [0.05, 0.1) is 0 Å².